The van der Waals surface area contributed by atoms with E-state index in [-0.39, 0.29) is 17.8 Å². The molecular weight excluding hydrogens is 208 g/mol. The van der Waals surface area contributed by atoms with Gasteiger partial charge >= 0.3 is 5.97 Å². The zero-order valence-electron chi connectivity index (χ0n) is 10.2. The van der Waals surface area contributed by atoms with Gasteiger partial charge in [0.2, 0.25) is 0 Å². The Morgan fingerprint density at radius 3 is 2.56 bits per heavy atom. The lowest BCUT2D eigenvalue weighted by molar-refractivity contribution is -0.151. The summed E-state index contributed by atoms with van der Waals surface area (Å²) in [5.41, 5.74) is 0. The van der Waals surface area contributed by atoms with Crippen LogP contribution in [0.4, 0.5) is 0 Å². The summed E-state index contributed by atoms with van der Waals surface area (Å²) >= 11 is 0. The first-order chi connectivity index (χ1) is 7.56. The number of ketones is 1. The van der Waals surface area contributed by atoms with Crippen LogP contribution < -0.4 is 0 Å². The molecule has 1 rings (SSSR count). The average molecular weight is 228 g/mol. The Labute approximate surface area is 96.3 Å². The highest BCUT2D eigenvalue weighted by Crippen LogP contribution is 2.21. The molecule has 16 heavy (non-hydrogen) atoms. The Kier molecular flexibility index (Phi) is 4.93. The van der Waals surface area contributed by atoms with Crippen molar-refractivity contribution < 1.29 is 19.1 Å². The lowest BCUT2D eigenvalue weighted by Gasteiger charge is -2.18. The molecule has 1 aliphatic rings. The van der Waals surface area contributed by atoms with Crippen molar-refractivity contribution >= 4 is 11.8 Å². The first kappa shape index (κ1) is 13.2. The molecule has 92 valence electrons. The molecule has 0 bridgehead atoms. The van der Waals surface area contributed by atoms with Gasteiger partial charge in [-0.15, -0.1) is 0 Å². The van der Waals surface area contributed by atoms with E-state index < -0.39 is 11.9 Å². The molecule has 0 radical (unpaired) electrons. The monoisotopic (exact) mass is 228 g/mol. The van der Waals surface area contributed by atoms with Crippen LogP contribution >= 0.6 is 0 Å². The van der Waals surface area contributed by atoms with Crippen molar-refractivity contribution in [1.29, 1.82) is 0 Å². The van der Waals surface area contributed by atoms with Gasteiger partial charge in [-0.25, -0.2) is 0 Å². The molecule has 1 heterocycles. The third kappa shape index (κ3) is 3.30. The number of ether oxygens (including phenoxy) is 2. The molecule has 0 aromatic heterocycles. The van der Waals surface area contributed by atoms with Crippen molar-refractivity contribution in [1.82, 2.24) is 0 Å². The molecule has 4 heteroatoms. The summed E-state index contributed by atoms with van der Waals surface area (Å²) in [6.07, 6.45) is 2.25. The number of carbonyl (C=O) groups is 2. The van der Waals surface area contributed by atoms with Gasteiger partial charge in [-0.3, -0.25) is 9.59 Å². The summed E-state index contributed by atoms with van der Waals surface area (Å²) in [6.45, 7) is 4.44. The maximum Gasteiger partial charge on any atom is 0.316 e. The van der Waals surface area contributed by atoms with Crippen LogP contribution in [0.15, 0.2) is 0 Å². The topological polar surface area (TPSA) is 52.6 Å². The van der Waals surface area contributed by atoms with Crippen LogP contribution in [0.1, 0.15) is 33.1 Å². The van der Waals surface area contributed by atoms with Gasteiger partial charge in [0.15, 0.2) is 0 Å². The first-order valence-electron chi connectivity index (χ1n) is 5.78. The van der Waals surface area contributed by atoms with Gasteiger partial charge in [0.1, 0.15) is 11.7 Å². The Morgan fingerprint density at radius 1 is 1.44 bits per heavy atom. The Hall–Kier alpha value is -0.900. The fourth-order valence-electron chi connectivity index (χ4n) is 2.06. The zero-order chi connectivity index (χ0) is 12.1. The maximum absolute atomic E-state index is 12.0. The van der Waals surface area contributed by atoms with Crippen molar-refractivity contribution in [2.24, 2.45) is 11.8 Å². The van der Waals surface area contributed by atoms with E-state index in [4.69, 9.17) is 4.74 Å². The van der Waals surface area contributed by atoms with E-state index in [1.807, 2.05) is 13.8 Å². The molecule has 1 saturated heterocycles. The number of Topliss-reactive ketones (excluding diaryl/α,β-unsaturated/α-hetero) is 1. The minimum absolute atomic E-state index is 0.00148. The van der Waals surface area contributed by atoms with Gasteiger partial charge < -0.3 is 9.47 Å². The van der Waals surface area contributed by atoms with Gasteiger partial charge in [0.25, 0.3) is 0 Å². The second kappa shape index (κ2) is 5.99. The van der Waals surface area contributed by atoms with Crippen LogP contribution in [0.2, 0.25) is 0 Å². The molecular formula is C12H20O4. The Balaban J connectivity index is 2.56. The number of hydrogen-bond donors (Lipinski definition) is 0. The van der Waals surface area contributed by atoms with Crippen LogP contribution in [0, 0.1) is 11.8 Å². The quantitative estimate of drug-likeness (QED) is 0.529. The summed E-state index contributed by atoms with van der Waals surface area (Å²) in [4.78, 5) is 23.4. The minimum atomic E-state index is -0.644. The van der Waals surface area contributed by atoms with Gasteiger partial charge in [-0.2, -0.15) is 0 Å². The molecule has 0 saturated carbocycles. The van der Waals surface area contributed by atoms with E-state index in [9.17, 15) is 9.59 Å². The summed E-state index contributed by atoms with van der Waals surface area (Å²) in [7, 11) is 1.32. The van der Waals surface area contributed by atoms with E-state index in [1.165, 1.54) is 7.11 Å². The first-order valence-corrected chi connectivity index (χ1v) is 5.78. The predicted molar refractivity (Wildman–Crippen MR) is 58.9 cm³/mol. The molecule has 0 spiro atoms. The lowest BCUT2D eigenvalue weighted by Crippen LogP contribution is -2.32. The van der Waals surface area contributed by atoms with E-state index in [0.717, 1.165) is 19.4 Å². The second-order valence-corrected chi connectivity index (χ2v) is 4.55. The Bertz CT molecular complexity index is 254. The molecule has 0 amide bonds. The smallest absolute Gasteiger partial charge is 0.316 e. The highest BCUT2D eigenvalue weighted by atomic mass is 16.5. The van der Waals surface area contributed by atoms with Crippen molar-refractivity contribution in [3.8, 4) is 0 Å². The summed E-state index contributed by atoms with van der Waals surface area (Å²) < 4.78 is 10.1. The molecule has 2 atom stereocenters. The number of methoxy groups -OCH3 is 1. The number of carbonyl (C=O) groups excluding carboxylic acids is 2. The number of esters is 1. The van der Waals surface area contributed by atoms with Gasteiger partial charge in [-0.05, 0) is 18.8 Å². The molecule has 1 aliphatic heterocycles. The van der Waals surface area contributed by atoms with E-state index in [0.29, 0.717) is 6.42 Å². The molecule has 2 unspecified atom stereocenters. The zero-order valence-corrected chi connectivity index (χ0v) is 10.2. The molecule has 0 N–H and O–H groups in total. The molecule has 0 aliphatic carbocycles. The van der Waals surface area contributed by atoms with Crippen molar-refractivity contribution in [3.05, 3.63) is 0 Å². The normalized spacial score (nSPS) is 22.1. The maximum atomic E-state index is 12.0. The molecule has 1 fully saturated rings. The van der Waals surface area contributed by atoms with Crippen LogP contribution in [-0.4, -0.2) is 31.6 Å². The summed E-state index contributed by atoms with van der Waals surface area (Å²) in [5, 5.41) is 0. The predicted octanol–water partition coefficient (Wildman–Crippen LogP) is 1.57. The van der Waals surface area contributed by atoms with E-state index >= 15 is 0 Å². The van der Waals surface area contributed by atoms with E-state index in [2.05, 4.69) is 4.74 Å². The third-order valence-electron chi connectivity index (χ3n) is 2.92. The minimum Gasteiger partial charge on any atom is -0.468 e. The highest BCUT2D eigenvalue weighted by molar-refractivity contribution is 5.99. The van der Waals surface area contributed by atoms with Crippen LogP contribution in [0.3, 0.4) is 0 Å². The van der Waals surface area contributed by atoms with E-state index in [1.54, 1.807) is 0 Å². The number of rotatable bonds is 5. The van der Waals surface area contributed by atoms with Gasteiger partial charge in [0.05, 0.1) is 13.2 Å². The van der Waals surface area contributed by atoms with Crippen molar-refractivity contribution in [2.75, 3.05) is 13.7 Å². The van der Waals surface area contributed by atoms with Crippen LogP contribution in [0.25, 0.3) is 0 Å². The standard InChI is InChI=1S/C12H20O4/c1-8(2)11(12(14)15-3)10(13)7-9-5-4-6-16-9/h8-9,11H,4-7H2,1-3H3. The molecule has 0 aromatic carbocycles. The SMILES string of the molecule is COC(=O)C(C(=O)CC1CCCO1)C(C)C. The average Bonchev–Trinajstić information content (AvgIpc) is 2.69. The van der Waals surface area contributed by atoms with Crippen LogP contribution in [-0.2, 0) is 19.1 Å². The molecule has 0 aromatic rings. The summed E-state index contributed by atoms with van der Waals surface area (Å²) in [6, 6.07) is 0. The fourth-order valence-corrected chi connectivity index (χ4v) is 2.06. The van der Waals surface area contributed by atoms with Crippen molar-refractivity contribution in [2.45, 2.75) is 39.2 Å². The largest absolute Gasteiger partial charge is 0.468 e. The molecule has 4 nitrogen and oxygen atoms in total. The second-order valence-electron chi connectivity index (χ2n) is 4.55. The van der Waals surface area contributed by atoms with Gasteiger partial charge in [0, 0.05) is 13.0 Å². The Morgan fingerprint density at radius 2 is 2.12 bits per heavy atom. The fraction of sp³-hybridized carbons (Fsp3) is 0.833. The lowest BCUT2D eigenvalue weighted by atomic mass is 9.88. The van der Waals surface area contributed by atoms with Crippen molar-refractivity contribution in [3.63, 3.8) is 0 Å². The number of hydrogen-bond acceptors (Lipinski definition) is 4. The van der Waals surface area contributed by atoms with Gasteiger partial charge in [-0.1, -0.05) is 13.8 Å². The summed E-state index contributed by atoms with van der Waals surface area (Å²) in [5.74, 6) is -1.16. The third-order valence-corrected chi connectivity index (χ3v) is 2.92. The van der Waals surface area contributed by atoms with Crippen LogP contribution in [0.5, 0.6) is 0 Å². The highest BCUT2D eigenvalue weighted by Gasteiger charge is 2.32.